The van der Waals surface area contributed by atoms with Crippen LogP contribution in [0.3, 0.4) is 0 Å². The molecule has 0 radical (unpaired) electrons. The molecule has 132 valence electrons. The molecule has 0 fully saturated rings. The van der Waals surface area contributed by atoms with E-state index in [2.05, 4.69) is 99.3 Å². The Morgan fingerprint density at radius 2 is 1.67 bits per heavy atom. The summed E-state index contributed by atoms with van der Waals surface area (Å²) >= 11 is 1.88. The Hall–Kier alpha value is -2.90. The normalized spacial score (nSPS) is 11.7. The van der Waals surface area contributed by atoms with Crippen LogP contribution in [0.4, 0.5) is 0 Å². The van der Waals surface area contributed by atoms with E-state index in [1.165, 1.54) is 48.4 Å². The number of hydrogen-bond donors (Lipinski definition) is 0. The Bertz CT molecular complexity index is 1140. The fraction of sp³-hybridized carbons (Fsp3) is 0.0769. The molecule has 0 amide bonds. The highest BCUT2D eigenvalue weighted by atomic mass is 32.1. The van der Waals surface area contributed by atoms with Crippen molar-refractivity contribution in [1.29, 1.82) is 0 Å². The van der Waals surface area contributed by atoms with Crippen LogP contribution >= 0.6 is 11.3 Å². The molecular weight excluding hydrogens is 344 g/mol. The van der Waals surface area contributed by atoms with E-state index in [0.717, 1.165) is 0 Å². The van der Waals surface area contributed by atoms with Gasteiger partial charge in [0.25, 0.3) is 0 Å². The molecule has 1 heterocycles. The number of thiophene rings is 1. The zero-order chi connectivity index (χ0) is 18.8. The van der Waals surface area contributed by atoms with Crippen LogP contribution in [0, 0.1) is 13.8 Å². The van der Waals surface area contributed by atoms with Crippen molar-refractivity contribution in [2.45, 2.75) is 13.8 Å². The molecule has 0 bridgehead atoms. The fourth-order valence-corrected chi connectivity index (χ4v) is 4.97. The van der Waals surface area contributed by atoms with E-state index in [9.17, 15) is 0 Å². The van der Waals surface area contributed by atoms with Crippen molar-refractivity contribution in [2.24, 2.45) is 0 Å². The third-order valence-corrected chi connectivity index (χ3v) is 6.28. The minimum Gasteiger partial charge on any atom is -0.134 e. The van der Waals surface area contributed by atoms with Crippen molar-refractivity contribution in [3.8, 4) is 11.1 Å². The van der Waals surface area contributed by atoms with Crippen LogP contribution < -0.4 is 0 Å². The van der Waals surface area contributed by atoms with Crippen molar-refractivity contribution in [3.63, 3.8) is 0 Å². The maximum Gasteiger partial charge on any atom is 0.0430 e. The van der Waals surface area contributed by atoms with Gasteiger partial charge in [0.05, 0.1) is 0 Å². The summed E-state index contributed by atoms with van der Waals surface area (Å²) in [5.74, 6) is 0. The van der Waals surface area contributed by atoms with Gasteiger partial charge in [-0.05, 0) is 47.1 Å². The Morgan fingerprint density at radius 1 is 0.889 bits per heavy atom. The molecule has 0 saturated heterocycles. The van der Waals surface area contributed by atoms with Crippen LogP contribution in [-0.2, 0) is 0 Å². The molecule has 0 N–H and O–H groups in total. The summed E-state index contributed by atoms with van der Waals surface area (Å²) < 4.78 is 1.35. The molecule has 0 spiro atoms. The minimum atomic E-state index is 1.24. The zero-order valence-electron chi connectivity index (χ0n) is 15.7. The first-order valence-electron chi connectivity index (χ1n) is 9.16. The maximum atomic E-state index is 3.95. The van der Waals surface area contributed by atoms with Gasteiger partial charge in [-0.1, -0.05) is 97.1 Å². The summed E-state index contributed by atoms with van der Waals surface area (Å²) in [6, 6.07) is 26.0. The third kappa shape index (κ3) is 3.27. The van der Waals surface area contributed by atoms with Gasteiger partial charge in [-0.25, -0.2) is 0 Å². The van der Waals surface area contributed by atoms with Crippen molar-refractivity contribution in [3.05, 3.63) is 113 Å². The second-order valence-corrected chi connectivity index (χ2v) is 7.81. The number of fused-ring (bicyclic) bond motifs is 1. The minimum absolute atomic E-state index is 1.24. The van der Waals surface area contributed by atoms with E-state index in [4.69, 9.17) is 0 Å². The van der Waals surface area contributed by atoms with E-state index in [1.807, 2.05) is 17.4 Å². The Balaban J connectivity index is 1.96. The van der Waals surface area contributed by atoms with Gasteiger partial charge >= 0.3 is 0 Å². The zero-order valence-corrected chi connectivity index (χ0v) is 16.5. The summed E-state index contributed by atoms with van der Waals surface area (Å²) in [5, 5.41) is 1.33. The van der Waals surface area contributed by atoms with Crippen LogP contribution in [0.15, 0.2) is 91.5 Å². The van der Waals surface area contributed by atoms with Crippen LogP contribution in [0.2, 0.25) is 0 Å². The number of rotatable bonds is 4. The number of aryl methyl sites for hydroxylation is 2. The molecule has 0 atom stereocenters. The summed E-state index contributed by atoms with van der Waals surface area (Å²) in [6.45, 7) is 8.32. The van der Waals surface area contributed by atoms with Crippen molar-refractivity contribution >= 4 is 27.0 Å². The molecule has 0 aliphatic heterocycles. The quantitative estimate of drug-likeness (QED) is 0.323. The highest BCUT2D eigenvalue weighted by Crippen LogP contribution is 2.42. The third-order valence-electron chi connectivity index (χ3n) is 4.91. The fourth-order valence-electron chi connectivity index (χ4n) is 3.58. The molecule has 27 heavy (non-hydrogen) atoms. The van der Waals surface area contributed by atoms with Gasteiger partial charge in [-0.3, -0.25) is 0 Å². The summed E-state index contributed by atoms with van der Waals surface area (Å²) in [4.78, 5) is 1.32. The first-order valence-corrected chi connectivity index (χ1v) is 9.98. The SMILES string of the molecule is C=C/C=C(/c1cccc(C)c1)c1sc2c(-c3ccccc3)cccc2c1C. The average Bonchev–Trinajstić information content (AvgIpc) is 3.03. The van der Waals surface area contributed by atoms with Gasteiger partial charge < -0.3 is 0 Å². The van der Waals surface area contributed by atoms with E-state index in [0.29, 0.717) is 0 Å². The monoisotopic (exact) mass is 366 g/mol. The molecule has 1 heteroatoms. The second kappa shape index (κ2) is 7.38. The van der Waals surface area contributed by atoms with Gasteiger partial charge in [0.15, 0.2) is 0 Å². The van der Waals surface area contributed by atoms with Gasteiger partial charge in [-0.15, -0.1) is 11.3 Å². The first-order chi connectivity index (χ1) is 13.2. The van der Waals surface area contributed by atoms with Crippen molar-refractivity contribution in [2.75, 3.05) is 0 Å². The molecule has 0 unspecified atom stereocenters. The Labute approximate surface area is 165 Å². The maximum absolute atomic E-state index is 3.95. The van der Waals surface area contributed by atoms with Gasteiger partial charge in [0, 0.05) is 9.58 Å². The lowest BCUT2D eigenvalue weighted by Crippen LogP contribution is -1.88. The van der Waals surface area contributed by atoms with Crippen LogP contribution in [-0.4, -0.2) is 0 Å². The average molecular weight is 367 g/mol. The molecule has 4 rings (SSSR count). The molecule has 4 aromatic rings. The number of hydrogen-bond acceptors (Lipinski definition) is 1. The van der Waals surface area contributed by atoms with Gasteiger partial charge in [0.2, 0.25) is 0 Å². The van der Waals surface area contributed by atoms with Crippen molar-refractivity contribution in [1.82, 2.24) is 0 Å². The summed E-state index contributed by atoms with van der Waals surface area (Å²) in [7, 11) is 0. The Morgan fingerprint density at radius 3 is 2.41 bits per heavy atom. The molecule has 3 aromatic carbocycles. The largest absolute Gasteiger partial charge is 0.134 e. The second-order valence-electron chi connectivity index (χ2n) is 6.79. The van der Waals surface area contributed by atoms with Gasteiger partial charge in [-0.2, -0.15) is 0 Å². The van der Waals surface area contributed by atoms with E-state index >= 15 is 0 Å². The van der Waals surface area contributed by atoms with E-state index < -0.39 is 0 Å². The predicted octanol–water partition coefficient (Wildman–Crippen LogP) is 7.80. The highest BCUT2D eigenvalue weighted by Gasteiger charge is 2.16. The number of allylic oxidation sites excluding steroid dienone is 2. The molecule has 0 nitrogen and oxygen atoms in total. The molecule has 0 saturated carbocycles. The molecule has 0 aliphatic carbocycles. The molecular formula is C26H22S. The Kier molecular flexibility index (Phi) is 4.79. The van der Waals surface area contributed by atoms with E-state index in [1.54, 1.807) is 0 Å². The van der Waals surface area contributed by atoms with Crippen LogP contribution in [0.25, 0.3) is 26.8 Å². The lowest BCUT2D eigenvalue weighted by molar-refractivity contribution is 1.44. The van der Waals surface area contributed by atoms with Crippen molar-refractivity contribution < 1.29 is 0 Å². The lowest BCUT2D eigenvalue weighted by Gasteiger charge is -2.08. The standard InChI is InChI=1S/C26H22S/c1-4-10-23(21-14-8-11-18(2)17-21)25-19(3)22-15-9-16-24(26(22)27-25)20-12-6-5-7-13-20/h4-17H,1H2,2-3H3/b23-10-. The summed E-state index contributed by atoms with van der Waals surface area (Å²) in [5.41, 5.74) is 7.65. The lowest BCUT2D eigenvalue weighted by atomic mass is 9.97. The highest BCUT2D eigenvalue weighted by molar-refractivity contribution is 7.21. The molecule has 1 aromatic heterocycles. The number of benzene rings is 3. The van der Waals surface area contributed by atoms with Crippen LogP contribution in [0.5, 0.6) is 0 Å². The smallest absolute Gasteiger partial charge is 0.0430 e. The van der Waals surface area contributed by atoms with E-state index in [-0.39, 0.29) is 0 Å². The van der Waals surface area contributed by atoms with Gasteiger partial charge in [0.1, 0.15) is 0 Å². The topological polar surface area (TPSA) is 0 Å². The predicted molar refractivity (Wildman–Crippen MR) is 120 cm³/mol. The van der Waals surface area contributed by atoms with Crippen LogP contribution in [0.1, 0.15) is 21.6 Å². The molecule has 0 aliphatic rings. The summed E-state index contributed by atoms with van der Waals surface area (Å²) in [6.07, 6.45) is 4.02. The first kappa shape index (κ1) is 17.5.